The first-order chi connectivity index (χ1) is 18.2. The molecule has 188 valence electrons. The molecule has 0 atom stereocenters. The van der Waals surface area contributed by atoms with Gasteiger partial charge in [0, 0.05) is 43.9 Å². The Balaban J connectivity index is 1.19. The fourth-order valence-corrected chi connectivity index (χ4v) is 4.66. The largest absolute Gasteiger partial charge is 0.496 e. The minimum atomic E-state index is 0.0501. The van der Waals surface area contributed by atoms with Crippen molar-refractivity contribution in [1.29, 1.82) is 0 Å². The molecule has 0 aromatic heterocycles. The zero-order valence-corrected chi connectivity index (χ0v) is 21.2. The van der Waals surface area contributed by atoms with Gasteiger partial charge in [0.15, 0.2) is 0 Å². The summed E-state index contributed by atoms with van der Waals surface area (Å²) in [6.07, 6.45) is 4.34. The average Bonchev–Trinajstić information content (AvgIpc) is 2.96. The summed E-state index contributed by atoms with van der Waals surface area (Å²) in [6, 6.07) is 30.2. The van der Waals surface area contributed by atoms with Crippen LogP contribution in [0.4, 0.5) is 0 Å². The number of hydrogen-bond donors (Lipinski definition) is 0. The van der Waals surface area contributed by atoms with E-state index in [1.807, 2.05) is 65.6 Å². The summed E-state index contributed by atoms with van der Waals surface area (Å²) in [5.74, 6) is 1.55. The summed E-state index contributed by atoms with van der Waals surface area (Å²) in [7, 11) is 1.64. The number of carbonyl (C=O) groups excluding carboxylic acids is 1. The molecular formula is C32H32N2O3. The van der Waals surface area contributed by atoms with Gasteiger partial charge in [-0.2, -0.15) is 0 Å². The zero-order chi connectivity index (χ0) is 25.5. The molecule has 5 rings (SSSR count). The van der Waals surface area contributed by atoms with E-state index in [4.69, 9.17) is 9.47 Å². The SMILES string of the molecule is COc1ccc(C(=O)N2CCN(C/C=C/c3ccccc3)CC2)cc1COc1ccc2ccccc2c1. The van der Waals surface area contributed by atoms with E-state index in [2.05, 4.69) is 47.4 Å². The van der Waals surface area contributed by atoms with E-state index < -0.39 is 0 Å². The van der Waals surface area contributed by atoms with E-state index in [9.17, 15) is 4.79 Å². The number of rotatable bonds is 8. The Labute approximate surface area is 218 Å². The molecule has 0 unspecified atom stereocenters. The number of piperazine rings is 1. The highest BCUT2D eigenvalue weighted by Gasteiger charge is 2.22. The number of fused-ring (bicyclic) bond motifs is 1. The first-order valence-corrected chi connectivity index (χ1v) is 12.7. The molecular weight excluding hydrogens is 460 g/mol. The van der Waals surface area contributed by atoms with Gasteiger partial charge in [-0.15, -0.1) is 0 Å². The van der Waals surface area contributed by atoms with Gasteiger partial charge in [0.25, 0.3) is 5.91 Å². The molecule has 4 aromatic carbocycles. The van der Waals surface area contributed by atoms with Crippen LogP contribution in [0.3, 0.4) is 0 Å². The molecule has 0 bridgehead atoms. The van der Waals surface area contributed by atoms with Crippen molar-refractivity contribution in [3.8, 4) is 11.5 Å². The van der Waals surface area contributed by atoms with Crippen molar-refractivity contribution >= 4 is 22.8 Å². The van der Waals surface area contributed by atoms with Gasteiger partial charge < -0.3 is 14.4 Å². The normalized spacial score (nSPS) is 14.2. The highest BCUT2D eigenvalue weighted by Crippen LogP contribution is 2.25. The third kappa shape index (κ3) is 6.19. The van der Waals surface area contributed by atoms with Crippen LogP contribution < -0.4 is 9.47 Å². The lowest BCUT2D eigenvalue weighted by Crippen LogP contribution is -2.48. The van der Waals surface area contributed by atoms with Crippen LogP contribution in [0.2, 0.25) is 0 Å². The van der Waals surface area contributed by atoms with E-state index in [1.165, 1.54) is 10.9 Å². The molecule has 1 saturated heterocycles. The van der Waals surface area contributed by atoms with E-state index in [-0.39, 0.29) is 5.91 Å². The molecule has 0 aliphatic carbocycles. The summed E-state index contributed by atoms with van der Waals surface area (Å²) in [5.41, 5.74) is 2.72. The quantitative estimate of drug-likeness (QED) is 0.307. The molecule has 0 saturated carbocycles. The number of benzene rings is 4. The molecule has 4 aromatic rings. The number of methoxy groups -OCH3 is 1. The summed E-state index contributed by atoms with van der Waals surface area (Å²) < 4.78 is 11.6. The second kappa shape index (κ2) is 11.8. The van der Waals surface area contributed by atoms with Crippen molar-refractivity contribution in [2.24, 2.45) is 0 Å². The average molecular weight is 493 g/mol. The first-order valence-electron chi connectivity index (χ1n) is 12.7. The van der Waals surface area contributed by atoms with Gasteiger partial charge in [-0.3, -0.25) is 9.69 Å². The van der Waals surface area contributed by atoms with Crippen molar-refractivity contribution in [2.75, 3.05) is 39.8 Å². The molecule has 0 spiro atoms. The molecule has 0 radical (unpaired) electrons. The van der Waals surface area contributed by atoms with Crippen LogP contribution in [0.25, 0.3) is 16.8 Å². The Morgan fingerprint density at radius 3 is 2.38 bits per heavy atom. The van der Waals surface area contributed by atoms with Crippen LogP contribution in [0.5, 0.6) is 11.5 Å². The summed E-state index contributed by atoms with van der Waals surface area (Å²) >= 11 is 0. The standard InChI is InChI=1S/C32H32N2O3/c1-36-31-16-14-28(22-29(31)24-37-30-15-13-26-11-5-6-12-27(26)23-30)32(35)34-20-18-33(19-21-34)17-7-10-25-8-3-2-4-9-25/h2-16,22-23H,17-21,24H2,1H3/b10-7+. The van der Waals surface area contributed by atoms with Crippen LogP contribution in [0.1, 0.15) is 21.5 Å². The van der Waals surface area contributed by atoms with Crippen molar-refractivity contribution in [3.05, 3.63) is 114 Å². The smallest absolute Gasteiger partial charge is 0.253 e. The molecule has 1 aliphatic rings. The van der Waals surface area contributed by atoms with Crippen LogP contribution in [0, 0.1) is 0 Å². The lowest BCUT2D eigenvalue weighted by Gasteiger charge is -2.34. The predicted octanol–water partition coefficient (Wildman–Crippen LogP) is 5.90. The fraction of sp³-hybridized carbons (Fsp3) is 0.219. The number of ether oxygens (including phenoxy) is 2. The first kappa shape index (κ1) is 24.6. The monoisotopic (exact) mass is 492 g/mol. The topological polar surface area (TPSA) is 42.0 Å². The molecule has 1 aliphatic heterocycles. The number of nitrogens with zero attached hydrogens (tertiary/aromatic N) is 2. The Bertz CT molecular complexity index is 1380. The highest BCUT2D eigenvalue weighted by molar-refractivity contribution is 5.94. The maximum absolute atomic E-state index is 13.3. The van der Waals surface area contributed by atoms with Gasteiger partial charge in [0.2, 0.25) is 0 Å². The Morgan fingerprint density at radius 2 is 1.59 bits per heavy atom. The third-order valence-corrected chi connectivity index (χ3v) is 6.78. The van der Waals surface area contributed by atoms with Crippen LogP contribution in [-0.2, 0) is 6.61 Å². The van der Waals surface area contributed by atoms with Crippen molar-refractivity contribution in [3.63, 3.8) is 0 Å². The lowest BCUT2D eigenvalue weighted by molar-refractivity contribution is 0.0650. The van der Waals surface area contributed by atoms with Crippen LogP contribution in [-0.4, -0.2) is 55.5 Å². The number of amides is 1. The summed E-state index contributed by atoms with van der Waals surface area (Å²) in [5, 5.41) is 2.30. The van der Waals surface area contributed by atoms with E-state index in [0.29, 0.717) is 31.0 Å². The van der Waals surface area contributed by atoms with Gasteiger partial charge in [0.1, 0.15) is 18.1 Å². The third-order valence-electron chi connectivity index (χ3n) is 6.78. The van der Waals surface area contributed by atoms with E-state index in [1.54, 1.807) is 7.11 Å². The van der Waals surface area contributed by atoms with Gasteiger partial charge in [-0.05, 0) is 46.7 Å². The van der Waals surface area contributed by atoms with Crippen LogP contribution in [0.15, 0.2) is 97.1 Å². The summed E-state index contributed by atoms with van der Waals surface area (Å²) in [4.78, 5) is 17.6. The molecule has 5 nitrogen and oxygen atoms in total. The Kier molecular flexibility index (Phi) is 7.82. The number of carbonyl (C=O) groups is 1. The Hall–Kier alpha value is -4.09. The maximum atomic E-state index is 13.3. The van der Waals surface area contributed by atoms with Crippen molar-refractivity contribution in [1.82, 2.24) is 9.80 Å². The lowest BCUT2D eigenvalue weighted by atomic mass is 10.1. The molecule has 1 heterocycles. The van der Waals surface area contributed by atoms with Gasteiger partial charge >= 0.3 is 0 Å². The molecule has 5 heteroatoms. The molecule has 1 amide bonds. The molecule has 1 fully saturated rings. The molecule has 37 heavy (non-hydrogen) atoms. The second-order valence-corrected chi connectivity index (χ2v) is 9.23. The predicted molar refractivity (Wildman–Crippen MR) is 149 cm³/mol. The molecule has 0 N–H and O–H groups in total. The van der Waals surface area contributed by atoms with Crippen LogP contribution >= 0.6 is 0 Å². The van der Waals surface area contributed by atoms with Gasteiger partial charge in [0.05, 0.1) is 7.11 Å². The van der Waals surface area contributed by atoms with Gasteiger partial charge in [-0.1, -0.05) is 72.8 Å². The Morgan fingerprint density at radius 1 is 0.838 bits per heavy atom. The summed E-state index contributed by atoms with van der Waals surface area (Å²) in [6.45, 7) is 4.36. The second-order valence-electron chi connectivity index (χ2n) is 9.23. The highest BCUT2D eigenvalue weighted by atomic mass is 16.5. The maximum Gasteiger partial charge on any atom is 0.253 e. The zero-order valence-electron chi connectivity index (χ0n) is 21.2. The van der Waals surface area contributed by atoms with E-state index in [0.717, 1.165) is 36.3 Å². The van der Waals surface area contributed by atoms with E-state index >= 15 is 0 Å². The fourth-order valence-electron chi connectivity index (χ4n) is 4.66. The number of hydrogen-bond acceptors (Lipinski definition) is 4. The van der Waals surface area contributed by atoms with Crippen molar-refractivity contribution in [2.45, 2.75) is 6.61 Å². The minimum Gasteiger partial charge on any atom is -0.496 e. The minimum absolute atomic E-state index is 0.0501. The van der Waals surface area contributed by atoms with Crippen molar-refractivity contribution < 1.29 is 14.3 Å². The van der Waals surface area contributed by atoms with Gasteiger partial charge in [-0.25, -0.2) is 0 Å².